The van der Waals surface area contributed by atoms with Crippen molar-refractivity contribution < 1.29 is 36.2 Å². The second-order valence-corrected chi connectivity index (χ2v) is 10.8. The molecule has 0 bridgehead atoms. The molecule has 3 heterocycles. The summed E-state index contributed by atoms with van der Waals surface area (Å²) in [5.41, 5.74) is 0.542. The van der Waals surface area contributed by atoms with E-state index in [0.29, 0.717) is 44.4 Å². The lowest BCUT2D eigenvalue weighted by Gasteiger charge is -2.34. The molecule has 0 spiro atoms. The van der Waals surface area contributed by atoms with Crippen LogP contribution in [0.2, 0.25) is 0 Å². The Labute approximate surface area is 200 Å². The number of carbonyl (C=O) groups is 1. The maximum absolute atomic E-state index is 13.8. The first kappa shape index (κ1) is 25.5. The van der Waals surface area contributed by atoms with Crippen molar-refractivity contribution in [3.63, 3.8) is 0 Å². The highest BCUT2D eigenvalue weighted by Crippen LogP contribution is 2.35. The molecule has 0 radical (unpaired) electrons. The van der Waals surface area contributed by atoms with E-state index in [4.69, 9.17) is 9.84 Å². The molecule has 2 fully saturated rings. The Bertz CT molecular complexity index is 1170. The van der Waals surface area contributed by atoms with Crippen LogP contribution < -0.4 is 9.62 Å². The third kappa shape index (κ3) is 5.48. The number of nitrogens with zero attached hydrogens (tertiary/aromatic N) is 4. The van der Waals surface area contributed by atoms with Gasteiger partial charge in [-0.25, -0.2) is 9.78 Å². The van der Waals surface area contributed by atoms with E-state index in [-0.39, 0.29) is 42.8 Å². The number of anilines is 1. The fraction of sp³-hybridized carbons (Fsp3) is 0.619. The van der Waals surface area contributed by atoms with Crippen molar-refractivity contribution >= 4 is 33.0 Å². The van der Waals surface area contributed by atoms with Crippen molar-refractivity contribution in [1.29, 1.82) is 0 Å². The summed E-state index contributed by atoms with van der Waals surface area (Å²) in [5.74, 6) is -0.974. The Morgan fingerprint density at radius 1 is 1.23 bits per heavy atom. The Hall–Kier alpha value is -2.58. The van der Waals surface area contributed by atoms with Gasteiger partial charge in [0, 0.05) is 45.9 Å². The zero-order valence-electron chi connectivity index (χ0n) is 19.2. The van der Waals surface area contributed by atoms with Crippen LogP contribution in [0.25, 0.3) is 11.0 Å². The number of carboxylic acid groups (broad SMARTS) is 1. The van der Waals surface area contributed by atoms with Gasteiger partial charge in [-0.1, -0.05) is 0 Å². The highest BCUT2D eigenvalue weighted by molar-refractivity contribution is 7.90. The average Bonchev–Trinajstić information content (AvgIpc) is 3.17. The van der Waals surface area contributed by atoms with Gasteiger partial charge < -0.3 is 19.7 Å². The summed E-state index contributed by atoms with van der Waals surface area (Å²) in [6.45, 7) is 1.42. The second kappa shape index (κ2) is 9.82. The van der Waals surface area contributed by atoms with E-state index in [1.807, 2.05) is 0 Å². The molecule has 2 aliphatic heterocycles. The summed E-state index contributed by atoms with van der Waals surface area (Å²) >= 11 is 0. The fourth-order valence-corrected chi connectivity index (χ4v) is 6.01. The molecule has 4 rings (SSSR count). The molecule has 2 saturated heterocycles. The molecular weight excluding hydrogens is 491 g/mol. The normalized spacial score (nSPS) is 19.2. The molecule has 14 heteroatoms. The van der Waals surface area contributed by atoms with Gasteiger partial charge >= 0.3 is 22.5 Å². The Morgan fingerprint density at radius 2 is 1.89 bits per heavy atom. The lowest BCUT2D eigenvalue weighted by atomic mass is 10.0. The third-order valence-electron chi connectivity index (χ3n) is 6.58. The van der Waals surface area contributed by atoms with Gasteiger partial charge in [-0.2, -0.15) is 25.9 Å². The number of benzene rings is 1. The topological polar surface area (TPSA) is 117 Å². The van der Waals surface area contributed by atoms with Crippen molar-refractivity contribution in [3.05, 3.63) is 24.0 Å². The van der Waals surface area contributed by atoms with Crippen LogP contribution in [-0.4, -0.2) is 72.9 Å². The Morgan fingerprint density at radius 3 is 2.49 bits per heavy atom. The van der Waals surface area contributed by atoms with Gasteiger partial charge in [0.2, 0.25) is 5.82 Å². The summed E-state index contributed by atoms with van der Waals surface area (Å²) in [4.78, 5) is 14.6. The minimum atomic E-state index is -4.66. The number of nitrogens with one attached hydrogen (secondary N) is 1. The van der Waals surface area contributed by atoms with E-state index in [2.05, 4.69) is 10.3 Å². The highest BCUT2D eigenvalue weighted by Gasteiger charge is 2.38. The molecule has 0 atom stereocenters. The van der Waals surface area contributed by atoms with Gasteiger partial charge in [0.25, 0.3) is 0 Å². The predicted molar refractivity (Wildman–Crippen MR) is 121 cm³/mol. The molecule has 1 aromatic carbocycles. The van der Waals surface area contributed by atoms with Crippen molar-refractivity contribution in [2.75, 3.05) is 37.7 Å². The van der Waals surface area contributed by atoms with Crippen LogP contribution in [0, 0.1) is 5.92 Å². The average molecular weight is 520 g/mol. The lowest BCUT2D eigenvalue weighted by Crippen LogP contribution is -2.50. The van der Waals surface area contributed by atoms with Crippen LogP contribution in [0.5, 0.6) is 0 Å². The molecular formula is C21H28F3N5O5S. The van der Waals surface area contributed by atoms with Gasteiger partial charge in [-0.05, 0) is 49.8 Å². The number of rotatable bonds is 6. The van der Waals surface area contributed by atoms with E-state index in [9.17, 15) is 26.4 Å². The molecule has 35 heavy (non-hydrogen) atoms. The molecule has 0 saturated carbocycles. The van der Waals surface area contributed by atoms with Crippen LogP contribution in [0.4, 0.5) is 23.7 Å². The fourth-order valence-electron chi connectivity index (χ4n) is 4.61. The number of imidazole rings is 1. The lowest BCUT2D eigenvalue weighted by molar-refractivity contribution is -0.147. The number of hydrogen-bond acceptors (Lipinski definition) is 5. The number of alkyl halides is 3. The first-order valence-electron chi connectivity index (χ1n) is 11.4. The Kier molecular flexibility index (Phi) is 7.16. The zero-order chi connectivity index (χ0) is 25.4. The van der Waals surface area contributed by atoms with E-state index in [0.717, 1.165) is 4.31 Å². The first-order chi connectivity index (χ1) is 16.5. The van der Waals surface area contributed by atoms with Gasteiger partial charge in [0.05, 0.1) is 16.7 Å². The largest absolute Gasteiger partial charge is 0.465 e. The van der Waals surface area contributed by atoms with Crippen molar-refractivity contribution in [1.82, 2.24) is 19.2 Å². The summed E-state index contributed by atoms with van der Waals surface area (Å²) in [5, 5.41) is 11.2. The highest BCUT2D eigenvalue weighted by atomic mass is 32.2. The number of halogens is 3. The molecule has 10 nitrogen and oxygen atoms in total. The zero-order valence-corrected chi connectivity index (χ0v) is 20.0. The maximum atomic E-state index is 13.8. The van der Waals surface area contributed by atoms with Crippen LogP contribution in [-0.2, 0) is 27.7 Å². The van der Waals surface area contributed by atoms with Crippen LogP contribution in [0.1, 0.15) is 31.5 Å². The van der Waals surface area contributed by atoms with Crippen LogP contribution >= 0.6 is 0 Å². The SMILES string of the molecule is CN(c1ccc2c(c1)nc(C(F)(F)F)n2CC1CCOCC1)S(=O)(=O)N1CCC(NC(=O)O)CC1. The van der Waals surface area contributed by atoms with E-state index in [1.165, 1.54) is 34.1 Å². The Balaban J connectivity index is 1.58. The van der Waals surface area contributed by atoms with E-state index >= 15 is 0 Å². The first-order valence-corrected chi connectivity index (χ1v) is 12.7. The standard InChI is InChI=1S/C21H28F3N5O5S/c1-27(35(32,33)28-8-4-15(5-9-28)25-20(30)31)16-2-3-18-17(12-16)26-19(21(22,23)24)29(18)13-14-6-10-34-11-7-14/h2-3,12,14-15,25H,4-11,13H2,1H3,(H,30,31). The van der Waals surface area contributed by atoms with Gasteiger partial charge in [0.15, 0.2) is 0 Å². The molecule has 2 N–H and O–H groups in total. The van der Waals surface area contributed by atoms with Crippen molar-refractivity contribution in [3.8, 4) is 0 Å². The molecule has 1 amide bonds. The number of aromatic nitrogens is 2. The molecule has 2 aromatic rings. The van der Waals surface area contributed by atoms with Crippen molar-refractivity contribution in [2.45, 2.75) is 44.4 Å². The minimum absolute atomic E-state index is 0.0310. The number of fused-ring (bicyclic) bond motifs is 1. The number of amides is 1. The number of hydrogen-bond donors (Lipinski definition) is 2. The molecule has 0 unspecified atom stereocenters. The van der Waals surface area contributed by atoms with Gasteiger partial charge in [0.1, 0.15) is 0 Å². The van der Waals surface area contributed by atoms with Crippen LogP contribution in [0.15, 0.2) is 18.2 Å². The van der Waals surface area contributed by atoms with Gasteiger partial charge in [-0.15, -0.1) is 0 Å². The molecule has 194 valence electrons. The summed E-state index contributed by atoms with van der Waals surface area (Å²) in [6, 6.07) is 3.96. The number of ether oxygens (including phenoxy) is 1. The smallest absolute Gasteiger partial charge is 0.449 e. The monoisotopic (exact) mass is 519 g/mol. The summed E-state index contributed by atoms with van der Waals surface area (Å²) in [6.07, 6.45) is -3.85. The quantitative estimate of drug-likeness (QED) is 0.606. The third-order valence-corrected chi connectivity index (χ3v) is 8.51. The molecule has 1 aromatic heterocycles. The maximum Gasteiger partial charge on any atom is 0.449 e. The summed E-state index contributed by atoms with van der Waals surface area (Å²) in [7, 11) is -2.63. The molecule has 2 aliphatic rings. The van der Waals surface area contributed by atoms with E-state index < -0.39 is 28.3 Å². The van der Waals surface area contributed by atoms with Crippen LogP contribution in [0.3, 0.4) is 0 Å². The summed E-state index contributed by atoms with van der Waals surface area (Å²) < 4.78 is 76.4. The molecule has 0 aliphatic carbocycles. The van der Waals surface area contributed by atoms with Gasteiger partial charge in [-0.3, -0.25) is 4.31 Å². The number of piperidine rings is 1. The predicted octanol–water partition coefficient (Wildman–Crippen LogP) is 2.89. The second-order valence-electron chi connectivity index (χ2n) is 8.87. The van der Waals surface area contributed by atoms with Crippen molar-refractivity contribution in [2.24, 2.45) is 5.92 Å². The minimum Gasteiger partial charge on any atom is -0.465 e. The van der Waals surface area contributed by atoms with E-state index in [1.54, 1.807) is 0 Å².